The second-order valence-electron chi connectivity index (χ2n) is 3.85. The lowest BCUT2D eigenvalue weighted by Gasteiger charge is -2.09. The number of benzene rings is 1. The Balaban J connectivity index is 2.38. The lowest BCUT2D eigenvalue weighted by Crippen LogP contribution is -2.15. The van der Waals surface area contributed by atoms with Crippen LogP contribution in [0.25, 0.3) is 0 Å². The smallest absolute Gasteiger partial charge is 0.261 e. The minimum atomic E-state index is -3.93. The van der Waals surface area contributed by atoms with E-state index in [-0.39, 0.29) is 15.3 Å². The summed E-state index contributed by atoms with van der Waals surface area (Å²) in [5.74, 6) is -0.567. The Hall–Kier alpha value is -1.06. The van der Waals surface area contributed by atoms with Crippen molar-refractivity contribution in [3.8, 4) is 0 Å². The third kappa shape index (κ3) is 3.33. The van der Waals surface area contributed by atoms with Gasteiger partial charge in [0.15, 0.2) is 10.4 Å². The molecule has 0 aliphatic heterocycles. The van der Waals surface area contributed by atoms with Gasteiger partial charge in [0, 0.05) is 0 Å². The Bertz CT molecular complexity index is 768. The highest BCUT2D eigenvalue weighted by molar-refractivity contribution is 9.11. The fraction of sp³-hybridized carbons (Fsp3) is 0.0909. The van der Waals surface area contributed by atoms with Crippen molar-refractivity contribution in [3.63, 3.8) is 0 Å². The maximum atomic E-state index is 13.4. The van der Waals surface area contributed by atoms with Crippen molar-refractivity contribution >= 4 is 47.7 Å². The molecule has 0 aliphatic rings. The summed E-state index contributed by atoms with van der Waals surface area (Å²) in [5, 5.41) is 0. The summed E-state index contributed by atoms with van der Waals surface area (Å²) in [6.07, 6.45) is 1.35. The molecule has 0 fully saturated rings. The molecule has 1 heterocycles. The van der Waals surface area contributed by atoms with Gasteiger partial charge in [-0.1, -0.05) is 6.07 Å². The number of aromatic nitrogens is 2. The SMILES string of the molecule is Cc1ccc(S(=O)(=O)Nc2ncc(Br)nc2Br)cc1F. The van der Waals surface area contributed by atoms with E-state index in [0.717, 1.165) is 6.07 Å². The van der Waals surface area contributed by atoms with E-state index in [1.54, 1.807) is 6.92 Å². The maximum Gasteiger partial charge on any atom is 0.263 e. The Kier molecular flexibility index (Phi) is 4.40. The van der Waals surface area contributed by atoms with Crippen LogP contribution in [0.5, 0.6) is 0 Å². The Morgan fingerprint density at radius 2 is 2.00 bits per heavy atom. The van der Waals surface area contributed by atoms with E-state index in [2.05, 4.69) is 46.5 Å². The zero-order chi connectivity index (χ0) is 14.9. The molecular formula is C11H8Br2FN3O2S. The number of hydrogen-bond acceptors (Lipinski definition) is 4. The predicted octanol–water partition coefficient (Wildman–Crippen LogP) is 3.25. The summed E-state index contributed by atoms with van der Waals surface area (Å²) < 4.78 is 40.6. The largest absolute Gasteiger partial charge is 0.263 e. The molecular weight excluding hydrogens is 417 g/mol. The summed E-state index contributed by atoms with van der Waals surface area (Å²) in [6.45, 7) is 1.55. The number of anilines is 1. The summed E-state index contributed by atoms with van der Waals surface area (Å²) in [6, 6.07) is 3.67. The molecule has 0 saturated carbocycles. The number of aryl methyl sites for hydroxylation is 1. The van der Waals surface area contributed by atoms with Crippen LogP contribution in [0, 0.1) is 12.7 Å². The van der Waals surface area contributed by atoms with Crippen LogP contribution in [-0.2, 0) is 10.0 Å². The summed E-state index contributed by atoms with van der Waals surface area (Å²) >= 11 is 6.20. The normalized spacial score (nSPS) is 11.4. The Morgan fingerprint density at radius 3 is 2.60 bits per heavy atom. The molecule has 0 aliphatic carbocycles. The molecule has 2 aromatic rings. The van der Waals surface area contributed by atoms with Gasteiger partial charge in [-0.15, -0.1) is 0 Å². The highest BCUT2D eigenvalue weighted by Gasteiger charge is 2.18. The van der Waals surface area contributed by atoms with Crippen molar-refractivity contribution < 1.29 is 12.8 Å². The van der Waals surface area contributed by atoms with Crippen molar-refractivity contribution in [1.82, 2.24) is 9.97 Å². The molecule has 0 spiro atoms. The standard InChI is InChI=1S/C11H8Br2FN3O2S/c1-6-2-3-7(4-8(6)14)20(18,19)17-11-10(13)16-9(12)5-15-11/h2-5H,1H3,(H,15,17). The number of nitrogens with zero attached hydrogens (tertiary/aromatic N) is 2. The molecule has 9 heteroatoms. The average molecular weight is 425 g/mol. The second-order valence-corrected chi connectivity index (χ2v) is 7.09. The molecule has 20 heavy (non-hydrogen) atoms. The van der Waals surface area contributed by atoms with E-state index in [1.165, 1.54) is 18.3 Å². The molecule has 1 aromatic carbocycles. The first-order valence-electron chi connectivity index (χ1n) is 5.26. The minimum absolute atomic E-state index is 0.0224. The van der Waals surface area contributed by atoms with Crippen molar-refractivity contribution in [1.29, 1.82) is 0 Å². The maximum absolute atomic E-state index is 13.4. The first kappa shape index (κ1) is 15.3. The quantitative estimate of drug-likeness (QED) is 0.820. The van der Waals surface area contributed by atoms with Gasteiger partial charge in [0.1, 0.15) is 10.4 Å². The second kappa shape index (κ2) is 5.74. The molecule has 5 nitrogen and oxygen atoms in total. The van der Waals surface area contributed by atoms with E-state index in [9.17, 15) is 12.8 Å². The molecule has 0 bridgehead atoms. The van der Waals surface area contributed by atoms with Crippen LogP contribution < -0.4 is 4.72 Å². The van der Waals surface area contributed by atoms with Gasteiger partial charge in [0.2, 0.25) is 0 Å². The highest BCUT2D eigenvalue weighted by atomic mass is 79.9. The van der Waals surface area contributed by atoms with Gasteiger partial charge in [0.05, 0.1) is 11.1 Å². The van der Waals surface area contributed by atoms with Gasteiger partial charge in [-0.05, 0) is 56.5 Å². The topological polar surface area (TPSA) is 72.0 Å². The van der Waals surface area contributed by atoms with Crippen LogP contribution in [0.1, 0.15) is 5.56 Å². The highest BCUT2D eigenvalue weighted by Crippen LogP contribution is 2.23. The van der Waals surface area contributed by atoms with Crippen LogP contribution in [0.2, 0.25) is 0 Å². The molecule has 106 valence electrons. The number of rotatable bonds is 3. The zero-order valence-electron chi connectivity index (χ0n) is 10.1. The molecule has 1 N–H and O–H groups in total. The molecule has 0 radical (unpaired) electrons. The lowest BCUT2D eigenvalue weighted by molar-refractivity contribution is 0.593. The average Bonchev–Trinajstić information content (AvgIpc) is 2.36. The first-order valence-corrected chi connectivity index (χ1v) is 8.33. The van der Waals surface area contributed by atoms with Crippen molar-refractivity contribution in [2.45, 2.75) is 11.8 Å². The van der Waals surface area contributed by atoms with Crippen molar-refractivity contribution in [3.05, 3.63) is 45.0 Å². The molecule has 0 amide bonds. The third-order valence-corrected chi connectivity index (χ3v) is 4.66. The van der Waals surface area contributed by atoms with Gasteiger partial charge in [-0.3, -0.25) is 4.72 Å². The Labute approximate surface area is 132 Å². The van der Waals surface area contributed by atoms with Crippen molar-refractivity contribution in [2.75, 3.05) is 4.72 Å². The van der Waals surface area contributed by atoms with Crippen LogP contribution in [0.15, 0.2) is 38.5 Å². The van der Waals surface area contributed by atoms with E-state index in [0.29, 0.717) is 10.2 Å². The first-order chi connectivity index (χ1) is 9.29. The van der Waals surface area contributed by atoms with E-state index >= 15 is 0 Å². The van der Waals surface area contributed by atoms with Crippen LogP contribution in [0.4, 0.5) is 10.2 Å². The number of hydrogen-bond donors (Lipinski definition) is 1. The van der Waals surface area contributed by atoms with Gasteiger partial charge in [-0.25, -0.2) is 22.8 Å². The Morgan fingerprint density at radius 1 is 1.30 bits per heavy atom. The number of sulfonamides is 1. The number of nitrogens with one attached hydrogen (secondary N) is 1. The monoisotopic (exact) mass is 423 g/mol. The van der Waals surface area contributed by atoms with Crippen LogP contribution in [-0.4, -0.2) is 18.4 Å². The van der Waals surface area contributed by atoms with E-state index in [1.807, 2.05) is 0 Å². The summed E-state index contributed by atoms with van der Waals surface area (Å²) in [7, 11) is -3.93. The molecule has 1 aromatic heterocycles. The van der Waals surface area contributed by atoms with E-state index < -0.39 is 15.8 Å². The minimum Gasteiger partial charge on any atom is -0.261 e. The lowest BCUT2D eigenvalue weighted by atomic mass is 10.2. The number of halogens is 3. The fourth-order valence-electron chi connectivity index (χ4n) is 1.34. The fourth-order valence-corrected chi connectivity index (χ4v) is 3.41. The summed E-state index contributed by atoms with van der Waals surface area (Å²) in [4.78, 5) is 7.66. The van der Waals surface area contributed by atoms with E-state index in [4.69, 9.17) is 0 Å². The molecule has 0 unspecified atom stereocenters. The van der Waals surface area contributed by atoms with Crippen LogP contribution in [0.3, 0.4) is 0 Å². The van der Waals surface area contributed by atoms with Gasteiger partial charge < -0.3 is 0 Å². The molecule has 0 atom stereocenters. The summed E-state index contributed by atoms with van der Waals surface area (Å²) in [5.41, 5.74) is 0.369. The van der Waals surface area contributed by atoms with Gasteiger partial charge >= 0.3 is 0 Å². The molecule has 2 rings (SSSR count). The van der Waals surface area contributed by atoms with Crippen molar-refractivity contribution in [2.24, 2.45) is 0 Å². The third-order valence-electron chi connectivity index (χ3n) is 2.39. The molecule has 0 saturated heterocycles. The predicted molar refractivity (Wildman–Crippen MR) is 79.4 cm³/mol. The zero-order valence-corrected chi connectivity index (χ0v) is 14.1. The van der Waals surface area contributed by atoms with Gasteiger partial charge in [-0.2, -0.15) is 0 Å². The van der Waals surface area contributed by atoms with Crippen LogP contribution >= 0.6 is 31.9 Å². The van der Waals surface area contributed by atoms with Gasteiger partial charge in [0.25, 0.3) is 10.0 Å².